The number of methoxy groups -OCH3 is 1. The van der Waals surface area contributed by atoms with E-state index in [1.54, 1.807) is 6.07 Å². The van der Waals surface area contributed by atoms with E-state index >= 15 is 0 Å². The van der Waals surface area contributed by atoms with E-state index in [0.29, 0.717) is 5.82 Å². The molecule has 0 spiro atoms. The largest absolute Gasteiger partial charge is 0.494 e. The van der Waals surface area contributed by atoms with Gasteiger partial charge in [0.1, 0.15) is 0 Å². The molecule has 106 valence electrons. The second-order valence-electron chi connectivity index (χ2n) is 4.20. The molecular weight excluding hydrogens is 265 g/mol. The van der Waals surface area contributed by atoms with Crippen LogP contribution in [0.25, 0.3) is 0 Å². The summed E-state index contributed by atoms with van der Waals surface area (Å²) in [5, 5.41) is 16.0. The van der Waals surface area contributed by atoms with Gasteiger partial charge in [0.25, 0.3) is 5.91 Å². The number of carbonyl (C=O) groups is 1. The summed E-state index contributed by atoms with van der Waals surface area (Å²) in [6.45, 7) is 2.10. The van der Waals surface area contributed by atoms with Gasteiger partial charge in [-0.25, -0.2) is 4.39 Å². The number of rotatable bonds is 5. The summed E-state index contributed by atoms with van der Waals surface area (Å²) in [6, 6.07) is 4.40. The van der Waals surface area contributed by atoms with Gasteiger partial charge in [-0.1, -0.05) is 18.2 Å². The molecule has 2 N–H and O–H groups in total. The number of tetrazole rings is 1. The van der Waals surface area contributed by atoms with Gasteiger partial charge >= 0.3 is 0 Å². The van der Waals surface area contributed by atoms with Crippen molar-refractivity contribution in [1.82, 2.24) is 25.9 Å². The standard InChI is InChI=1S/C12H14FN5O2/c1-7(11-15-17-18-16-11)6-14-12(19)8-4-3-5-9(20-2)10(8)13/h3-5,7H,6H2,1-2H3,(H,14,19)(H,15,16,17,18). The van der Waals surface area contributed by atoms with Crippen LogP contribution >= 0.6 is 0 Å². The molecule has 0 fully saturated rings. The summed E-state index contributed by atoms with van der Waals surface area (Å²) < 4.78 is 18.7. The van der Waals surface area contributed by atoms with E-state index in [0.717, 1.165) is 0 Å². The third kappa shape index (κ3) is 2.90. The highest BCUT2D eigenvalue weighted by atomic mass is 19.1. The van der Waals surface area contributed by atoms with Crippen LogP contribution in [0.5, 0.6) is 5.75 Å². The maximum Gasteiger partial charge on any atom is 0.254 e. The SMILES string of the molecule is COc1cccc(C(=O)NCC(C)c2nn[nH]n2)c1F. The van der Waals surface area contributed by atoms with Crippen molar-refractivity contribution in [2.24, 2.45) is 0 Å². The van der Waals surface area contributed by atoms with Crippen molar-refractivity contribution in [2.75, 3.05) is 13.7 Å². The number of carbonyl (C=O) groups excluding carboxylic acids is 1. The van der Waals surface area contributed by atoms with Gasteiger partial charge < -0.3 is 10.1 Å². The van der Waals surface area contributed by atoms with Crippen molar-refractivity contribution in [2.45, 2.75) is 12.8 Å². The van der Waals surface area contributed by atoms with E-state index in [1.807, 2.05) is 6.92 Å². The number of H-pyrrole nitrogens is 1. The van der Waals surface area contributed by atoms with Gasteiger partial charge in [-0.15, -0.1) is 10.2 Å². The van der Waals surface area contributed by atoms with E-state index in [9.17, 15) is 9.18 Å². The maximum absolute atomic E-state index is 13.9. The van der Waals surface area contributed by atoms with Crippen LogP contribution in [0.3, 0.4) is 0 Å². The van der Waals surface area contributed by atoms with Crippen LogP contribution < -0.4 is 10.1 Å². The first kappa shape index (κ1) is 13.9. The van der Waals surface area contributed by atoms with Crippen molar-refractivity contribution in [3.8, 4) is 5.75 Å². The molecule has 0 aliphatic carbocycles. The smallest absolute Gasteiger partial charge is 0.254 e. The number of hydrogen-bond donors (Lipinski definition) is 2. The summed E-state index contributed by atoms with van der Waals surface area (Å²) in [6.07, 6.45) is 0. The molecule has 1 aromatic heterocycles. The second kappa shape index (κ2) is 6.09. The Balaban J connectivity index is 2.02. The zero-order valence-corrected chi connectivity index (χ0v) is 11.1. The molecule has 1 amide bonds. The zero-order valence-electron chi connectivity index (χ0n) is 11.1. The highest BCUT2D eigenvalue weighted by Crippen LogP contribution is 2.19. The third-order valence-electron chi connectivity index (χ3n) is 2.80. The van der Waals surface area contributed by atoms with Gasteiger partial charge in [0.05, 0.1) is 12.7 Å². The Hall–Kier alpha value is -2.51. The predicted molar refractivity (Wildman–Crippen MR) is 67.9 cm³/mol. The lowest BCUT2D eigenvalue weighted by Crippen LogP contribution is -2.28. The summed E-state index contributed by atoms with van der Waals surface area (Å²) in [5.74, 6) is -0.817. The predicted octanol–water partition coefficient (Wildman–Crippen LogP) is 0.881. The van der Waals surface area contributed by atoms with Crippen LogP contribution in [-0.2, 0) is 0 Å². The topological polar surface area (TPSA) is 92.8 Å². The molecule has 0 aliphatic heterocycles. The Kier molecular flexibility index (Phi) is 4.24. The molecule has 0 aliphatic rings. The van der Waals surface area contributed by atoms with Crippen molar-refractivity contribution < 1.29 is 13.9 Å². The summed E-state index contributed by atoms with van der Waals surface area (Å²) in [4.78, 5) is 11.9. The number of nitrogens with one attached hydrogen (secondary N) is 2. The molecule has 0 bridgehead atoms. The summed E-state index contributed by atoms with van der Waals surface area (Å²) in [5.41, 5.74) is -0.0651. The van der Waals surface area contributed by atoms with Crippen LogP contribution in [0.15, 0.2) is 18.2 Å². The average Bonchev–Trinajstić information content (AvgIpc) is 2.99. The highest BCUT2D eigenvalue weighted by Gasteiger charge is 2.17. The van der Waals surface area contributed by atoms with Crippen LogP contribution in [-0.4, -0.2) is 40.2 Å². The van der Waals surface area contributed by atoms with Crippen molar-refractivity contribution in [1.29, 1.82) is 0 Å². The number of benzene rings is 1. The van der Waals surface area contributed by atoms with Crippen LogP contribution in [0, 0.1) is 5.82 Å². The fourth-order valence-corrected chi connectivity index (χ4v) is 1.65. The first-order valence-corrected chi connectivity index (χ1v) is 5.97. The summed E-state index contributed by atoms with van der Waals surface area (Å²) in [7, 11) is 1.35. The first-order chi connectivity index (χ1) is 9.63. The quantitative estimate of drug-likeness (QED) is 0.847. The van der Waals surface area contributed by atoms with Gasteiger partial charge in [0.2, 0.25) is 0 Å². The zero-order chi connectivity index (χ0) is 14.5. The van der Waals surface area contributed by atoms with Gasteiger partial charge in [0, 0.05) is 12.5 Å². The van der Waals surface area contributed by atoms with Gasteiger partial charge in [-0.3, -0.25) is 4.79 Å². The number of aromatic nitrogens is 4. The Bertz CT molecular complexity index is 588. The monoisotopic (exact) mass is 279 g/mol. The van der Waals surface area contributed by atoms with E-state index < -0.39 is 11.7 Å². The normalized spacial score (nSPS) is 11.9. The number of ether oxygens (including phenoxy) is 1. The number of halogens is 1. The third-order valence-corrected chi connectivity index (χ3v) is 2.80. The molecule has 0 radical (unpaired) electrons. The molecule has 7 nitrogen and oxygen atoms in total. The highest BCUT2D eigenvalue weighted by molar-refractivity contribution is 5.94. The molecule has 1 atom stereocenters. The fourth-order valence-electron chi connectivity index (χ4n) is 1.65. The molecule has 1 heterocycles. The number of hydrogen-bond acceptors (Lipinski definition) is 5. The first-order valence-electron chi connectivity index (χ1n) is 5.97. The lowest BCUT2D eigenvalue weighted by molar-refractivity contribution is 0.0946. The molecule has 1 unspecified atom stereocenters. The Labute approximate surface area is 114 Å². The molecule has 0 saturated carbocycles. The van der Waals surface area contributed by atoms with E-state index in [1.165, 1.54) is 19.2 Å². The molecule has 2 rings (SSSR count). The van der Waals surface area contributed by atoms with Crippen LogP contribution in [0.1, 0.15) is 29.0 Å². The van der Waals surface area contributed by atoms with E-state index in [-0.39, 0.29) is 23.8 Å². The molecule has 8 heteroatoms. The molecule has 1 aromatic carbocycles. The minimum Gasteiger partial charge on any atom is -0.494 e. The maximum atomic E-state index is 13.9. The minimum absolute atomic E-state index is 0.0314. The Morgan fingerprint density at radius 1 is 1.55 bits per heavy atom. The van der Waals surface area contributed by atoms with Crippen LogP contribution in [0.2, 0.25) is 0 Å². The Morgan fingerprint density at radius 3 is 3.00 bits per heavy atom. The molecular formula is C12H14FN5O2. The lowest BCUT2D eigenvalue weighted by Gasteiger charge is -2.10. The molecule has 0 saturated heterocycles. The van der Waals surface area contributed by atoms with Crippen molar-refractivity contribution >= 4 is 5.91 Å². The van der Waals surface area contributed by atoms with Crippen LogP contribution in [0.4, 0.5) is 4.39 Å². The van der Waals surface area contributed by atoms with E-state index in [2.05, 4.69) is 25.9 Å². The van der Waals surface area contributed by atoms with Crippen molar-refractivity contribution in [3.05, 3.63) is 35.4 Å². The summed E-state index contributed by atoms with van der Waals surface area (Å²) >= 11 is 0. The number of aromatic amines is 1. The fraction of sp³-hybridized carbons (Fsp3) is 0.333. The lowest BCUT2D eigenvalue weighted by atomic mass is 10.1. The molecule has 2 aromatic rings. The second-order valence-corrected chi connectivity index (χ2v) is 4.20. The van der Waals surface area contributed by atoms with Gasteiger partial charge in [-0.2, -0.15) is 5.21 Å². The number of amides is 1. The number of nitrogens with zero attached hydrogens (tertiary/aromatic N) is 3. The molecule has 20 heavy (non-hydrogen) atoms. The average molecular weight is 279 g/mol. The van der Waals surface area contributed by atoms with E-state index in [4.69, 9.17) is 4.74 Å². The van der Waals surface area contributed by atoms with Gasteiger partial charge in [-0.05, 0) is 12.1 Å². The Morgan fingerprint density at radius 2 is 2.35 bits per heavy atom. The van der Waals surface area contributed by atoms with Crippen molar-refractivity contribution in [3.63, 3.8) is 0 Å². The van der Waals surface area contributed by atoms with Gasteiger partial charge in [0.15, 0.2) is 17.4 Å². The minimum atomic E-state index is -0.681.